The number of carbonyl (C=O) groups is 2. The van der Waals surface area contributed by atoms with Crippen molar-refractivity contribution in [3.8, 4) is 0 Å². The third-order valence-corrected chi connectivity index (χ3v) is 11.3. The molecule has 4 aliphatic carbocycles. The number of ether oxygens (including phenoxy) is 2. The maximum atomic E-state index is 14.0. The first-order valence-electron chi connectivity index (χ1n) is 12.9. The van der Waals surface area contributed by atoms with Crippen LogP contribution in [0.4, 0.5) is 0 Å². The Kier molecular flexibility index (Phi) is 4.40. The molecular formula is C27H38O5. The Morgan fingerprint density at radius 3 is 2.56 bits per heavy atom. The first-order valence-corrected chi connectivity index (χ1v) is 12.9. The molecule has 0 aromatic carbocycles. The van der Waals surface area contributed by atoms with Gasteiger partial charge in [-0.1, -0.05) is 26.3 Å². The molecule has 1 spiro atoms. The van der Waals surface area contributed by atoms with Gasteiger partial charge in [-0.2, -0.15) is 0 Å². The zero-order chi connectivity index (χ0) is 22.7. The molecule has 0 bridgehead atoms. The van der Waals surface area contributed by atoms with Crippen molar-refractivity contribution in [3.05, 3.63) is 11.6 Å². The van der Waals surface area contributed by atoms with Crippen molar-refractivity contribution in [2.75, 3.05) is 6.61 Å². The predicted molar refractivity (Wildman–Crippen MR) is 119 cm³/mol. The summed E-state index contributed by atoms with van der Waals surface area (Å²) >= 11 is 0. The van der Waals surface area contributed by atoms with Gasteiger partial charge in [0.05, 0.1) is 18.1 Å². The first kappa shape index (κ1) is 21.5. The lowest BCUT2D eigenvalue weighted by Gasteiger charge is -2.58. The average molecular weight is 443 g/mol. The molecule has 10 atom stereocenters. The minimum atomic E-state index is -1.18. The molecule has 2 aliphatic heterocycles. The predicted octanol–water partition coefficient (Wildman–Crippen LogP) is 4.22. The number of hydrogen-bond acceptors (Lipinski definition) is 5. The van der Waals surface area contributed by atoms with Gasteiger partial charge in [0.1, 0.15) is 11.4 Å². The smallest absolute Gasteiger partial charge is 0.174 e. The molecule has 0 aromatic rings. The van der Waals surface area contributed by atoms with Crippen molar-refractivity contribution in [1.82, 2.24) is 0 Å². The van der Waals surface area contributed by atoms with Crippen LogP contribution in [0.15, 0.2) is 11.6 Å². The summed E-state index contributed by atoms with van der Waals surface area (Å²) in [6, 6.07) is 0. The van der Waals surface area contributed by atoms with Crippen LogP contribution in [-0.2, 0) is 19.1 Å². The Hall–Kier alpha value is -1.04. The van der Waals surface area contributed by atoms with Gasteiger partial charge in [0, 0.05) is 25.2 Å². The molecule has 176 valence electrons. The molecule has 0 aromatic heterocycles. The number of rotatable bonds is 0. The second kappa shape index (κ2) is 6.55. The second-order valence-electron chi connectivity index (χ2n) is 12.5. The summed E-state index contributed by atoms with van der Waals surface area (Å²) in [5.41, 5.74) is -0.780. The van der Waals surface area contributed by atoms with E-state index in [0.29, 0.717) is 31.3 Å². The Labute approximate surface area is 191 Å². The number of hydrogen-bond donors (Lipinski definition) is 1. The van der Waals surface area contributed by atoms with E-state index in [2.05, 4.69) is 20.8 Å². The van der Waals surface area contributed by atoms with E-state index in [1.807, 2.05) is 13.0 Å². The van der Waals surface area contributed by atoms with E-state index in [-0.39, 0.29) is 40.8 Å². The molecule has 5 fully saturated rings. The van der Waals surface area contributed by atoms with Crippen LogP contribution in [0, 0.1) is 40.4 Å². The van der Waals surface area contributed by atoms with Crippen molar-refractivity contribution >= 4 is 11.6 Å². The van der Waals surface area contributed by atoms with Crippen LogP contribution in [0.3, 0.4) is 0 Å². The summed E-state index contributed by atoms with van der Waals surface area (Å²) in [5, 5.41) is 12.3. The molecule has 6 rings (SSSR count). The average Bonchev–Trinajstić information content (AvgIpc) is 3.11. The van der Waals surface area contributed by atoms with E-state index in [4.69, 9.17) is 9.47 Å². The van der Waals surface area contributed by atoms with Crippen LogP contribution in [0.5, 0.6) is 0 Å². The van der Waals surface area contributed by atoms with Gasteiger partial charge in [0.15, 0.2) is 11.6 Å². The number of fused-ring (bicyclic) bond motifs is 7. The van der Waals surface area contributed by atoms with Gasteiger partial charge in [-0.05, 0) is 74.2 Å². The molecule has 5 nitrogen and oxygen atoms in total. The van der Waals surface area contributed by atoms with E-state index in [1.165, 1.54) is 5.57 Å². The zero-order valence-corrected chi connectivity index (χ0v) is 20.0. The van der Waals surface area contributed by atoms with Crippen LogP contribution in [0.25, 0.3) is 0 Å². The molecule has 0 unspecified atom stereocenters. The van der Waals surface area contributed by atoms with Crippen LogP contribution in [0.1, 0.15) is 79.1 Å². The van der Waals surface area contributed by atoms with E-state index < -0.39 is 16.8 Å². The highest BCUT2D eigenvalue weighted by molar-refractivity contribution is 5.92. The second-order valence-corrected chi connectivity index (χ2v) is 12.5. The van der Waals surface area contributed by atoms with E-state index in [1.54, 1.807) is 0 Å². The first-order chi connectivity index (χ1) is 15.1. The summed E-state index contributed by atoms with van der Waals surface area (Å²) in [5.74, 6) is 0.731. The molecule has 32 heavy (non-hydrogen) atoms. The standard InChI is InChI=1S/C27H38O5/c1-15-7-10-26(31-14-15)16(2)27(30)23(32-26)13-21-19-6-5-17-11-18(28)8-9-24(17,3)20(19)12-22(29)25(21,27)4/h11,15-16,19-21,23,30H,5-10,12-14H2,1-4H3/t15-,16-,19-,20+,21+,23+,24+,25-,26-,27-/m1/s1. The molecule has 0 amide bonds. The van der Waals surface area contributed by atoms with Crippen LogP contribution < -0.4 is 0 Å². The molecular weight excluding hydrogens is 404 g/mol. The fourth-order valence-corrected chi connectivity index (χ4v) is 9.20. The summed E-state index contributed by atoms with van der Waals surface area (Å²) in [6.45, 7) is 9.22. The Morgan fingerprint density at radius 2 is 1.84 bits per heavy atom. The van der Waals surface area contributed by atoms with Gasteiger partial charge < -0.3 is 14.6 Å². The van der Waals surface area contributed by atoms with Crippen molar-refractivity contribution in [2.24, 2.45) is 40.4 Å². The van der Waals surface area contributed by atoms with E-state index >= 15 is 0 Å². The van der Waals surface area contributed by atoms with Gasteiger partial charge in [-0.15, -0.1) is 0 Å². The van der Waals surface area contributed by atoms with E-state index in [9.17, 15) is 14.7 Å². The molecule has 5 heteroatoms. The summed E-state index contributed by atoms with van der Waals surface area (Å²) < 4.78 is 12.9. The summed E-state index contributed by atoms with van der Waals surface area (Å²) in [4.78, 5) is 26.1. The lowest BCUT2D eigenvalue weighted by Crippen LogP contribution is -2.63. The lowest BCUT2D eigenvalue weighted by molar-refractivity contribution is -0.273. The number of Topliss-reactive ketones (excluding diaryl/α,β-unsaturated/α-hetero) is 1. The van der Waals surface area contributed by atoms with E-state index in [0.717, 1.165) is 38.5 Å². The maximum absolute atomic E-state index is 14.0. The van der Waals surface area contributed by atoms with Gasteiger partial charge in [0.2, 0.25) is 0 Å². The molecule has 2 heterocycles. The topological polar surface area (TPSA) is 72.8 Å². The van der Waals surface area contributed by atoms with Gasteiger partial charge in [-0.3, -0.25) is 9.59 Å². The Bertz CT molecular complexity index is 900. The summed E-state index contributed by atoms with van der Waals surface area (Å²) in [7, 11) is 0. The maximum Gasteiger partial charge on any atom is 0.174 e. The number of ketones is 2. The number of carbonyl (C=O) groups excluding carboxylic acids is 2. The van der Waals surface area contributed by atoms with Crippen molar-refractivity contribution in [3.63, 3.8) is 0 Å². The third-order valence-electron chi connectivity index (χ3n) is 11.3. The highest BCUT2D eigenvalue weighted by Crippen LogP contribution is 2.71. The molecule has 2 saturated heterocycles. The van der Waals surface area contributed by atoms with Crippen molar-refractivity contribution in [1.29, 1.82) is 0 Å². The van der Waals surface area contributed by atoms with Crippen molar-refractivity contribution < 1.29 is 24.2 Å². The van der Waals surface area contributed by atoms with Crippen LogP contribution in [0.2, 0.25) is 0 Å². The largest absolute Gasteiger partial charge is 0.386 e. The fraction of sp³-hybridized carbons (Fsp3) is 0.852. The zero-order valence-electron chi connectivity index (χ0n) is 20.0. The normalized spacial score (nSPS) is 57.0. The minimum absolute atomic E-state index is 0.0650. The summed E-state index contributed by atoms with van der Waals surface area (Å²) in [6.07, 6.45) is 7.97. The van der Waals surface area contributed by atoms with Gasteiger partial charge >= 0.3 is 0 Å². The molecule has 1 N–H and O–H groups in total. The van der Waals surface area contributed by atoms with Crippen molar-refractivity contribution in [2.45, 2.75) is 96.6 Å². The highest BCUT2D eigenvalue weighted by atomic mass is 16.7. The SMILES string of the molecule is C[C@@H]1CC[C@@]2(OC1)O[C@H]1C[C@H]3[C@@H]4CCC5=CC(=O)CC[C@]5(C)[C@H]4CC(=O)[C@]3(C)[C@@]1(O)[C@@H]2C. The lowest BCUT2D eigenvalue weighted by atomic mass is 9.45. The quantitative estimate of drug-likeness (QED) is 0.608. The highest BCUT2D eigenvalue weighted by Gasteiger charge is 2.78. The number of allylic oxidation sites excluding steroid dienone is 1. The third kappa shape index (κ3) is 2.36. The fourth-order valence-electron chi connectivity index (χ4n) is 9.20. The Morgan fingerprint density at radius 1 is 1.06 bits per heavy atom. The molecule has 6 aliphatic rings. The number of aliphatic hydroxyl groups is 1. The molecule has 3 saturated carbocycles. The van der Waals surface area contributed by atoms with Gasteiger partial charge in [0.25, 0.3) is 0 Å². The minimum Gasteiger partial charge on any atom is -0.386 e. The monoisotopic (exact) mass is 442 g/mol. The Balaban J connectivity index is 1.37. The van der Waals surface area contributed by atoms with Gasteiger partial charge in [-0.25, -0.2) is 0 Å². The molecule has 0 radical (unpaired) electrons. The van der Waals surface area contributed by atoms with Crippen LogP contribution >= 0.6 is 0 Å². The van der Waals surface area contributed by atoms with Crippen LogP contribution in [-0.4, -0.2) is 40.8 Å².